The van der Waals surface area contributed by atoms with Gasteiger partial charge in [-0.15, -0.1) is 12.4 Å². The molecule has 1 aromatic rings. The first-order valence-electron chi connectivity index (χ1n) is 4.32. The van der Waals surface area contributed by atoms with Crippen LogP contribution in [0, 0.1) is 3.57 Å². The van der Waals surface area contributed by atoms with Crippen LogP contribution in [0.4, 0.5) is 0 Å². The molecule has 1 saturated heterocycles. The summed E-state index contributed by atoms with van der Waals surface area (Å²) < 4.78 is 1.34. The molecule has 1 fully saturated rings. The molecule has 0 bridgehead atoms. The highest BCUT2D eigenvalue weighted by atomic mass is 127. The lowest BCUT2D eigenvalue weighted by molar-refractivity contribution is 0.763. The van der Waals surface area contributed by atoms with Gasteiger partial charge in [0.25, 0.3) is 0 Å². The Balaban J connectivity index is 0.000000845. The number of hydrogen-bond donors (Lipinski definition) is 1. The van der Waals surface area contributed by atoms with Crippen molar-refractivity contribution < 1.29 is 0 Å². The van der Waals surface area contributed by atoms with Crippen molar-refractivity contribution >= 4 is 35.0 Å². The van der Waals surface area contributed by atoms with E-state index in [1.807, 2.05) is 0 Å². The molecule has 0 aromatic heterocycles. The fourth-order valence-electron chi connectivity index (χ4n) is 1.70. The quantitative estimate of drug-likeness (QED) is 0.787. The molecule has 2 rings (SSSR count). The van der Waals surface area contributed by atoms with Gasteiger partial charge in [-0.3, -0.25) is 0 Å². The third kappa shape index (κ3) is 2.82. The van der Waals surface area contributed by atoms with Crippen LogP contribution in [-0.4, -0.2) is 13.1 Å². The fourth-order valence-corrected chi connectivity index (χ4v) is 2.27. The average Bonchev–Trinajstić information content (AvgIpc) is 2.56. The van der Waals surface area contributed by atoms with Crippen molar-refractivity contribution in [2.24, 2.45) is 0 Å². The van der Waals surface area contributed by atoms with E-state index in [2.05, 4.69) is 52.2 Å². The number of benzene rings is 1. The van der Waals surface area contributed by atoms with Crippen molar-refractivity contribution in [1.82, 2.24) is 5.32 Å². The van der Waals surface area contributed by atoms with Crippen molar-refractivity contribution in [3.05, 3.63) is 33.4 Å². The molecule has 1 aromatic carbocycles. The Morgan fingerprint density at radius 2 is 2.23 bits per heavy atom. The topological polar surface area (TPSA) is 12.0 Å². The first-order chi connectivity index (χ1) is 5.86. The summed E-state index contributed by atoms with van der Waals surface area (Å²) in [6.45, 7) is 2.33. The molecule has 0 spiro atoms. The number of nitrogens with one attached hydrogen (secondary N) is 1. The summed E-state index contributed by atoms with van der Waals surface area (Å²) in [5.41, 5.74) is 1.49. The maximum absolute atomic E-state index is 3.39. The van der Waals surface area contributed by atoms with E-state index in [-0.39, 0.29) is 12.4 Å². The predicted octanol–water partition coefficient (Wildman–Crippen LogP) is 2.79. The van der Waals surface area contributed by atoms with Crippen molar-refractivity contribution in [2.45, 2.75) is 12.3 Å². The van der Waals surface area contributed by atoms with Gasteiger partial charge in [0.2, 0.25) is 0 Å². The highest BCUT2D eigenvalue weighted by molar-refractivity contribution is 14.1. The molecule has 3 heteroatoms. The van der Waals surface area contributed by atoms with Crippen LogP contribution in [0.5, 0.6) is 0 Å². The summed E-state index contributed by atoms with van der Waals surface area (Å²) in [7, 11) is 0. The smallest absolute Gasteiger partial charge is 0.0133 e. The molecule has 72 valence electrons. The van der Waals surface area contributed by atoms with E-state index in [4.69, 9.17) is 0 Å². The Bertz CT molecular complexity index is 271. The van der Waals surface area contributed by atoms with E-state index < -0.39 is 0 Å². The summed E-state index contributed by atoms with van der Waals surface area (Å²) in [4.78, 5) is 0. The van der Waals surface area contributed by atoms with Crippen LogP contribution in [-0.2, 0) is 0 Å². The largest absolute Gasteiger partial charge is 0.316 e. The van der Waals surface area contributed by atoms with Gasteiger partial charge in [-0.05, 0) is 59.2 Å². The first-order valence-corrected chi connectivity index (χ1v) is 5.40. The second kappa shape index (κ2) is 5.17. The molecule has 1 heterocycles. The lowest BCUT2D eigenvalue weighted by Gasteiger charge is -2.08. The molecule has 0 amide bonds. The lowest BCUT2D eigenvalue weighted by atomic mass is 9.99. The van der Waals surface area contributed by atoms with Crippen molar-refractivity contribution in [3.8, 4) is 0 Å². The Morgan fingerprint density at radius 1 is 1.38 bits per heavy atom. The minimum atomic E-state index is 0. The predicted molar refractivity (Wildman–Crippen MR) is 66.6 cm³/mol. The maximum Gasteiger partial charge on any atom is 0.0133 e. The van der Waals surface area contributed by atoms with Crippen LogP contribution in [0.2, 0.25) is 0 Å². The zero-order valence-electron chi connectivity index (χ0n) is 7.29. The molecule has 1 aliphatic heterocycles. The SMILES string of the molecule is Cl.Ic1cccc(C2CCNC2)c1. The molecular formula is C10H13ClIN. The van der Waals surface area contributed by atoms with Crippen molar-refractivity contribution in [2.75, 3.05) is 13.1 Å². The molecule has 13 heavy (non-hydrogen) atoms. The van der Waals surface area contributed by atoms with E-state index in [0.717, 1.165) is 12.5 Å². The molecular weight excluding hydrogens is 296 g/mol. The van der Waals surface area contributed by atoms with Crippen LogP contribution in [0.15, 0.2) is 24.3 Å². The van der Waals surface area contributed by atoms with Gasteiger partial charge in [-0.25, -0.2) is 0 Å². The molecule has 1 N–H and O–H groups in total. The zero-order chi connectivity index (χ0) is 8.39. The minimum Gasteiger partial charge on any atom is -0.316 e. The van der Waals surface area contributed by atoms with Crippen molar-refractivity contribution in [3.63, 3.8) is 0 Å². The molecule has 0 aliphatic carbocycles. The Kier molecular flexibility index (Phi) is 4.49. The van der Waals surface area contributed by atoms with E-state index in [1.54, 1.807) is 0 Å². The second-order valence-electron chi connectivity index (χ2n) is 3.24. The minimum absolute atomic E-state index is 0. The summed E-state index contributed by atoms with van der Waals surface area (Å²) >= 11 is 2.37. The van der Waals surface area contributed by atoms with Gasteiger partial charge in [-0.1, -0.05) is 12.1 Å². The summed E-state index contributed by atoms with van der Waals surface area (Å²) in [6, 6.07) is 8.82. The molecule has 1 aliphatic rings. The van der Waals surface area contributed by atoms with Crippen LogP contribution in [0.1, 0.15) is 17.9 Å². The van der Waals surface area contributed by atoms with Gasteiger partial charge in [0.1, 0.15) is 0 Å². The third-order valence-electron chi connectivity index (χ3n) is 2.38. The van der Waals surface area contributed by atoms with Gasteiger partial charge in [-0.2, -0.15) is 0 Å². The van der Waals surface area contributed by atoms with E-state index in [1.165, 1.54) is 22.1 Å². The standard InChI is InChI=1S/C10H12IN.ClH/c11-10-3-1-2-8(6-10)9-4-5-12-7-9;/h1-3,6,9,12H,4-5,7H2;1H. The van der Waals surface area contributed by atoms with Crippen molar-refractivity contribution in [1.29, 1.82) is 0 Å². The van der Waals surface area contributed by atoms with E-state index in [0.29, 0.717) is 0 Å². The third-order valence-corrected chi connectivity index (χ3v) is 3.05. The summed E-state index contributed by atoms with van der Waals surface area (Å²) in [6.07, 6.45) is 1.29. The highest BCUT2D eigenvalue weighted by Gasteiger charge is 2.15. The van der Waals surface area contributed by atoms with Gasteiger partial charge < -0.3 is 5.32 Å². The maximum atomic E-state index is 3.39. The van der Waals surface area contributed by atoms with Gasteiger partial charge >= 0.3 is 0 Å². The molecule has 0 radical (unpaired) electrons. The molecule has 1 unspecified atom stereocenters. The number of halogens is 2. The average molecular weight is 310 g/mol. The normalized spacial score (nSPS) is 21.2. The molecule has 0 saturated carbocycles. The highest BCUT2D eigenvalue weighted by Crippen LogP contribution is 2.23. The van der Waals surface area contributed by atoms with Gasteiger partial charge in [0, 0.05) is 10.1 Å². The van der Waals surface area contributed by atoms with Gasteiger partial charge in [0.05, 0.1) is 0 Å². The Morgan fingerprint density at radius 3 is 2.85 bits per heavy atom. The van der Waals surface area contributed by atoms with Crippen LogP contribution in [0.25, 0.3) is 0 Å². The zero-order valence-corrected chi connectivity index (χ0v) is 10.3. The number of hydrogen-bond acceptors (Lipinski definition) is 1. The molecule has 1 nitrogen and oxygen atoms in total. The van der Waals surface area contributed by atoms with E-state index in [9.17, 15) is 0 Å². The Labute approximate surface area is 98.9 Å². The van der Waals surface area contributed by atoms with Gasteiger partial charge in [0.15, 0.2) is 0 Å². The lowest BCUT2D eigenvalue weighted by Crippen LogP contribution is -2.07. The first kappa shape index (κ1) is 11.3. The van der Waals surface area contributed by atoms with Crippen LogP contribution in [0.3, 0.4) is 0 Å². The monoisotopic (exact) mass is 309 g/mol. The Hall–Kier alpha value is 0.200. The summed E-state index contributed by atoms with van der Waals surface area (Å²) in [5, 5.41) is 3.39. The fraction of sp³-hybridized carbons (Fsp3) is 0.400. The van der Waals surface area contributed by atoms with Crippen LogP contribution >= 0.6 is 35.0 Å². The summed E-state index contributed by atoms with van der Waals surface area (Å²) in [5.74, 6) is 0.750. The number of rotatable bonds is 1. The van der Waals surface area contributed by atoms with E-state index >= 15 is 0 Å². The second-order valence-corrected chi connectivity index (χ2v) is 4.49. The van der Waals surface area contributed by atoms with Crippen LogP contribution < -0.4 is 5.32 Å². The molecule has 1 atom stereocenters.